The maximum absolute atomic E-state index is 12.4. The van der Waals surface area contributed by atoms with E-state index in [0.29, 0.717) is 23.8 Å². The van der Waals surface area contributed by atoms with E-state index in [4.69, 9.17) is 4.74 Å². The SMILES string of the molecule is COC(=O)c1ccc2c(c1)CCCC(CC(C)C)C2c1ccc(C(O)C2CN(CCCF)C2)cc1. The average molecular weight is 482 g/mol. The van der Waals surface area contributed by atoms with E-state index in [1.54, 1.807) is 0 Å². The number of aliphatic hydroxyl groups is 1. The monoisotopic (exact) mass is 481 g/mol. The highest BCUT2D eigenvalue weighted by molar-refractivity contribution is 5.89. The fourth-order valence-electron chi connectivity index (χ4n) is 6.11. The second kappa shape index (κ2) is 11.7. The van der Waals surface area contributed by atoms with Gasteiger partial charge in [-0.1, -0.05) is 44.2 Å². The molecule has 35 heavy (non-hydrogen) atoms. The number of rotatable bonds is 9. The smallest absolute Gasteiger partial charge is 0.337 e. The molecule has 2 aromatic rings. The van der Waals surface area contributed by atoms with Crippen LogP contribution in [0.2, 0.25) is 0 Å². The van der Waals surface area contributed by atoms with Crippen molar-refractivity contribution >= 4 is 5.97 Å². The van der Waals surface area contributed by atoms with E-state index < -0.39 is 6.10 Å². The molecule has 1 N–H and O–H groups in total. The number of hydrogen-bond acceptors (Lipinski definition) is 4. The third-order valence-corrected chi connectivity index (χ3v) is 7.84. The van der Waals surface area contributed by atoms with Crippen molar-refractivity contribution in [3.63, 3.8) is 0 Å². The molecule has 2 aromatic carbocycles. The fraction of sp³-hybridized carbons (Fsp3) is 0.567. The first-order valence-corrected chi connectivity index (χ1v) is 13.2. The van der Waals surface area contributed by atoms with Crippen molar-refractivity contribution in [1.82, 2.24) is 4.90 Å². The van der Waals surface area contributed by atoms with Crippen molar-refractivity contribution in [2.24, 2.45) is 17.8 Å². The minimum Gasteiger partial charge on any atom is -0.465 e. The van der Waals surface area contributed by atoms with Crippen LogP contribution in [0.15, 0.2) is 42.5 Å². The molecule has 1 saturated heterocycles. The van der Waals surface area contributed by atoms with E-state index in [1.165, 1.54) is 23.8 Å². The molecule has 1 heterocycles. The molecule has 3 atom stereocenters. The Labute approximate surface area is 209 Å². The van der Waals surface area contributed by atoms with Crippen LogP contribution in [0, 0.1) is 17.8 Å². The Hall–Kier alpha value is -2.24. The van der Waals surface area contributed by atoms with Gasteiger partial charge >= 0.3 is 5.97 Å². The van der Waals surface area contributed by atoms with Crippen LogP contribution in [0.5, 0.6) is 0 Å². The van der Waals surface area contributed by atoms with Gasteiger partial charge in [-0.25, -0.2) is 4.79 Å². The molecular weight excluding hydrogens is 441 g/mol. The second-order valence-electron chi connectivity index (χ2n) is 10.8. The number of likely N-dealkylation sites (tertiary alicyclic amines) is 1. The number of nitrogens with zero attached hydrogens (tertiary/aromatic N) is 1. The lowest BCUT2D eigenvalue weighted by atomic mass is 9.75. The summed E-state index contributed by atoms with van der Waals surface area (Å²) < 4.78 is 17.4. The van der Waals surface area contributed by atoms with Crippen LogP contribution in [-0.2, 0) is 11.2 Å². The van der Waals surface area contributed by atoms with Gasteiger partial charge < -0.3 is 14.7 Å². The van der Waals surface area contributed by atoms with Gasteiger partial charge in [-0.05, 0) is 78.3 Å². The number of aliphatic hydroxyl groups excluding tert-OH is 1. The largest absolute Gasteiger partial charge is 0.465 e. The zero-order valence-electron chi connectivity index (χ0n) is 21.4. The van der Waals surface area contributed by atoms with E-state index >= 15 is 0 Å². The van der Waals surface area contributed by atoms with Crippen molar-refractivity contribution in [3.8, 4) is 0 Å². The summed E-state index contributed by atoms with van der Waals surface area (Å²) in [4.78, 5) is 14.4. The molecule has 3 unspecified atom stereocenters. The molecule has 1 fully saturated rings. The lowest BCUT2D eigenvalue weighted by molar-refractivity contribution is -0.00609. The first-order chi connectivity index (χ1) is 16.9. The number of halogens is 1. The predicted octanol–water partition coefficient (Wildman–Crippen LogP) is 5.93. The number of alkyl halides is 1. The van der Waals surface area contributed by atoms with Crippen LogP contribution in [0.1, 0.15) is 84.2 Å². The van der Waals surface area contributed by atoms with Gasteiger partial charge in [-0.3, -0.25) is 4.39 Å². The number of aryl methyl sites for hydroxylation is 1. The van der Waals surface area contributed by atoms with Gasteiger partial charge in [0.15, 0.2) is 0 Å². The molecule has 0 bridgehead atoms. The van der Waals surface area contributed by atoms with Crippen molar-refractivity contribution in [2.75, 3.05) is 33.4 Å². The zero-order valence-corrected chi connectivity index (χ0v) is 21.4. The number of benzene rings is 2. The van der Waals surface area contributed by atoms with Crippen molar-refractivity contribution in [2.45, 2.75) is 58.0 Å². The third-order valence-electron chi connectivity index (χ3n) is 7.84. The van der Waals surface area contributed by atoms with Gasteiger partial charge in [0.2, 0.25) is 0 Å². The molecule has 1 aliphatic carbocycles. The van der Waals surface area contributed by atoms with Gasteiger partial charge in [0.05, 0.1) is 25.5 Å². The Balaban J connectivity index is 1.57. The topological polar surface area (TPSA) is 49.8 Å². The van der Waals surface area contributed by atoms with Crippen molar-refractivity contribution in [3.05, 3.63) is 70.3 Å². The number of esters is 1. The van der Waals surface area contributed by atoms with Crippen molar-refractivity contribution in [1.29, 1.82) is 0 Å². The van der Waals surface area contributed by atoms with Crippen LogP contribution in [0.4, 0.5) is 4.39 Å². The molecule has 2 aliphatic rings. The molecule has 1 aliphatic heterocycles. The van der Waals surface area contributed by atoms with Crippen LogP contribution in [-0.4, -0.2) is 49.4 Å². The lowest BCUT2D eigenvalue weighted by Crippen LogP contribution is -2.49. The quantitative estimate of drug-likeness (QED) is 0.356. The highest BCUT2D eigenvalue weighted by Crippen LogP contribution is 2.43. The molecule has 0 spiro atoms. The molecule has 190 valence electrons. The highest BCUT2D eigenvalue weighted by atomic mass is 19.1. The Bertz CT molecular complexity index is 984. The predicted molar refractivity (Wildman–Crippen MR) is 137 cm³/mol. The molecule has 4 rings (SSSR count). The number of fused-ring (bicyclic) bond motifs is 1. The summed E-state index contributed by atoms with van der Waals surface area (Å²) in [7, 11) is 1.43. The minimum absolute atomic E-state index is 0.212. The number of hydrogen-bond donors (Lipinski definition) is 1. The Morgan fingerprint density at radius 2 is 1.91 bits per heavy atom. The van der Waals surface area contributed by atoms with Crippen LogP contribution in [0.3, 0.4) is 0 Å². The maximum atomic E-state index is 12.4. The van der Waals surface area contributed by atoms with Gasteiger partial charge in [-0.2, -0.15) is 0 Å². The Kier molecular flexibility index (Phi) is 8.61. The van der Waals surface area contributed by atoms with Gasteiger partial charge in [0.25, 0.3) is 0 Å². The lowest BCUT2D eigenvalue weighted by Gasteiger charge is -2.41. The number of ether oxygens (including phenoxy) is 1. The standard InChI is InChI=1S/C30H40FNO3/c1-20(2)16-24-7-4-6-23-17-25(30(34)35-3)12-13-27(23)28(24)21-8-10-22(11-9-21)29(33)26-18-32(19-26)15-5-14-31/h8-13,17,20,24,26,28-29,33H,4-7,14-16,18-19H2,1-3H3. The summed E-state index contributed by atoms with van der Waals surface area (Å²) in [5, 5.41) is 10.9. The zero-order chi connectivity index (χ0) is 24.9. The Morgan fingerprint density at radius 3 is 2.57 bits per heavy atom. The number of carbonyl (C=O) groups is 1. The van der Waals surface area contributed by atoms with E-state index in [1.807, 2.05) is 12.1 Å². The summed E-state index contributed by atoms with van der Waals surface area (Å²) in [6.45, 7) is 6.73. The molecular formula is C30H40FNO3. The van der Waals surface area contributed by atoms with Gasteiger partial charge in [0, 0.05) is 31.5 Å². The van der Waals surface area contributed by atoms with Crippen molar-refractivity contribution < 1.29 is 19.0 Å². The summed E-state index contributed by atoms with van der Waals surface area (Å²) in [5.74, 6) is 1.34. The summed E-state index contributed by atoms with van der Waals surface area (Å²) >= 11 is 0. The van der Waals surface area contributed by atoms with Crippen LogP contribution in [0.25, 0.3) is 0 Å². The molecule has 0 radical (unpaired) electrons. The van der Waals surface area contributed by atoms with Gasteiger partial charge in [0.1, 0.15) is 0 Å². The van der Waals surface area contributed by atoms with E-state index in [-0.39, 0.29) is 24.5 Å². The van der Waals surface area contributed by atoms with Crippen LogP contribution < -0.4 is 0 Å². The minimum atomic E-state index is -0.485. The fourth-order valence-corrected chi connectivity index (χ4v) is 6.11. The highest BCUT2D eigenvalue weighted by Gasteiger charge is 2.34. The summed E-state index contributed by atoms with van der Waals surface area (Å²) in [6.07, 6.45) is 4.49. The third kappa shape index (κ3) is 5.95. The van der Waals surface area contributed by atoms with E-state index in [2.05, 4.69) is 49.1 Å². The maximum Gasteiger partial charge on any atom is 0.337 e. The number of carbonyl (C=O) groups excluding carboxylic acids is 1. The first kappa shape index (κ1) is 25.8. The van der Waals surface area contributed by atoms with Gasteiger partial charge in [-0.15, -0.1) is 0 Å². The second-order valence-corrected chi connectivity index (χ2v) is 10.8. The molecule has 5 heteroatoms. The molecule has 0 aromatic heterocycles. The summed E-state index contributed by atoms with van der Waals surface area (Å²) in [6, 6.07) is 14.6. The van der Waals surface area contributed by atoms with E-state index in [9.17, 15) is 14.3 Å². The molecule has 4 nitrogen and oxygen atoms in total. The van der Waals surface area contributed by atoms with E-state index in [0.717, 1.165) is 50.9 Å². The summed E-state index contributed by atoms with van der Waals surface area (Å²) in [5.41, 5.74) is 5.41. The first-order valence-electron chi connectivity index (χ1n) is 13.2. The molecule has 0 amide bonds. The Morgan fingerprint density at radius 1 is 1.17 bits per heavy atom. The normalized spacial score (nSPS) is 21.8. The molecule has 0 saturated carbocycles. The average Bonchev–Trinajstić information content (AvgIpc) is 3.00. The number of methoxy groups -OCH3 is 1. The van der Waals surface area contributed by atoms with Crippen LogP contribution >= 0.6 is 0 Å².